The van der Waals surface area contributed by atoms with Gasteiger partial charge < -0.3 is 4.43 Å². The van der Waals surface area contributed by atoms with Crippen LogP contribution in [0.15, 0.2) is 35.2 Å². The van der Waals surface area contributed by atoms with E-state index in [1.165, 1.54) is 9.80 Å². The molecule has 1 fully saturated rings. The number of amides is 2. The Bertz CT molecular complexity index is 628. The van der Waals surface area contributed by atoms with Gasteiger partial charge in [-0.25, -0.2) is 0 Å². The molecule has 1 aliphatic heterocycles. The van der Waals surface area contributed by atoms with Gasteiger partial charge in [0.05, 0.1) is 0 Å². The van der Waals surface area contributed by atoms with E-state index >= 15 is 0 Å². The lowest BCUT2D eigenvalue weighted by atomic mass is 10.1. The van der Waals surface area contributed by atoms with Crippen molar-refractivity contribution in [1.82, 2.24) is 4.90 Å². The third-order valence-corrected chi connectivity index (χ3v) is 10.8. The minimum atomic E-state index is -2.03. The maximum atomic E-state index is 12.8. The van der Waals surface area contributed by atoms with Crippen LogP contribution >= 0.6 is 11.8 Å². The number of thioether (sulfide) groups is 1. The smallest absolute Gasteiger partial charge is 0.257 e. The molecule has 26 heavy (non-hydrogen) atoms. The third kappa shape index (κ3) is 5.44. The number of carbonyl (C=O) groups is 2. The monoisotopic (exact) mass is 393 g/mol. The number of hydrogen-bond acceptors (Lipinski definition) is 4. The van der Waals surface area contributed by atoms with E-state index < -0.39 is 14.4 Å². The van der Waals surface area contributed by atoms with Gasteiger partial charge in [0.1, 0.15) is 6.10 Å². The normalized spacial score (nSPS) is 19.1. The fourth-order valence-electron chi connectivity index (χ4n) is 2.62. The Labute approximate surface area is 162 Å². The molecule has 0 N–H and O–H groups in total. The minimum Gasteiger partial charge on any atom is -0.405 e. The van der Waals surface area contributed by atoms with Crippen LogP contribution in [0.5, 0.6) is 0 Å². The van der Waals surface area contributed by atoms with E-state index in [0.29, 0.717) is 19.4 Å². The zero-order valence-corrected chi connectivity index (χ0v) is 18.4. The summed E-state index contributed by atoms with van der Waals surface area (Å²) in [5, 5.41) is 0.0475. The Balaban J connectivity index is 1.89. The molecule has 2 amide bonds. The maximum Gasteiger partial charge on any atom is 0.257 e. The van der Waals surface area contributed by atoms with Crippen LogP contribution in [-0.4, -0.2) is 43.4 Å². The highest BCUT2D eigenvalue weighted by Gasteiger charge is 2.43. The van der Waals surface area contributed by atoms with Gasteiger partial charge in [0, 0.05) is 17.9 Å². The summed E-state index contributed by atoms with van der Waals surface area (Å²) in [6.45, 7) is 11.3. The number of hydrogen-bond donors (Lipinski definition) is 0. The van der Waals surface area contributed by atoms with Gasteiger partial charge in [0.15, 0.2) is 8.32 Å². The molecule has 0 radical (unpaired) electrons. The molecule has 2 rings (SSSR count). The third-order valence-electron chi connectivity index (χ3n) is 5.24. The van der Waals surface area contributed by atoms with Gasteiger partial charge in [-0.2, -0.15) is 0 Å². The predicted octanol–water partition coefficient (Wildman–Crippen LogP) is 4.71. The first-order valence-corrected chi connectivity index (χ1v) is 13.2. The Hall–Kier alpha value is -1.11. The summed E-state index contributed by atoms with van der Waals surface area (Å²) in [6, 6.07) is 10.2. The standard InChI is InChI=1S/C20H31NO3SSi/c1-20(2,3)26(4,5)24-17-12-13-18(22)21(19(17)23)14-9-15-25-16-10-7-6-8-11-16/h6-8,10-11,17H,9,12-15H2,1-5H3/t17-/m0/s1. The van der Waals surface area contributed by atoms with Gasteiger partial charge in [-0.15, -0.1) is 11.8 Å². The molecule has 1 aromatic rings. The Morgan fingerprint density at radius 3 is 2.46 bits per heavy atom. The molecule has 0 aromatic heterocycles. The van der Waals surface area contributed by atoms with Gasteiger partial charge in [0.25, 0.3) is 5.91 Å². The molecule has 0 bridgehead atoms. The van der Waals surface area contributed by atoms with Crippen molar-refractivity contribution < 1.29 is 14.0 Å². The fourth-order valence-corrected chi connectivity index (χ4v) is 4.76. The number of rotatable bonds is 7. The highest BCUT2D eigenvalue weighted by Crippen LogP contribution is 2.38. The van der Waals surface area contributed by atoms with Crippen LogP contribution in [-0.2, 0) is 14.0 Å². The average molecular weight is 394 g/mol. The van der Waals surface area contributed by atoms with Crippen molar-refractivity contribution >= 4 is 31.9 Å². The summed E-state index contributed by atoms with van der Waals surface area (Å²) in [5.41, 5.74) is 0. The van der Waals surface area contributed by atoms with Crippen molar-refractivity contribution in [2.24, 2.45) is 0 Å². The Morgan fingerprint density at radius 2 is 1.85 bits per heavy atom. The van der Waals surface area contributed by atoms with Gasteiger partial charge in [-0.05, 0) is 48.9 Å². The molecular weight excluding hydrogens is 362 g/mol. The average Bonchev–Trinajstić information content (AvgIpc) is 2.56. The number of nitrogens with zero attached hydrogens (tertiary/aromatic N) is 1. The first-order chi connectivity index (χ1) is 12.1. The molecule has 1 saturated heterocycles. The van der Waals surface area contributed by atoms with Crippen LogP contribution in [0, 0.1) is 0 Å². The molecular formula is C20H31NO3SSi. The zero-order valence-electron chi connectivity index (χ0n) is 16.6. The first-order valence-electron chi connectivity index (χ1n) is 9.32. The molecule has 1 heterocycles. The van der Waals surface area contributed by atoms with E-state index in [4.69, 9.17) is 4.43 Å². The number of carbonyl (C=O) groups excluding carboxylic acids is 2. The van der Waals surface area contributed by atoms with Crippen LogP contribution in [0.2, 0.25) is 18.1 Å². The quantitative estimate of drug-likeness (QED) is 0.291. The molecule has 1 aliphatic rings. The summed E-state index contributed by atoms with van der Waals surface area (Å²) >= 11 is 1.75. The SMILES string of the molecule is CC(C)(C)[Si](C)(C)O[C@H]1CCC(=O)N(CCCSc2ccccc2)C1=O. The molecule has 0 saturated carbocycles. The minimum absolute atomic E-state index is 0.0475. The van der Waals surface area contributed by atoms with Gasteiger partial charge >= 0.3 is 0 Å². The summed E-state index contributed by atoms with van der Waals surface area (Å²) in [4.78, 5) is 27.7. The van der Waals surface area contributed by atoms with E-state index in [1.54, 1.807) is 11.8 Å². The summed E-state index contributed by atoms with van der Waals surface area (Å²) in [6.07, 6.45) is 1.25. The van der Waals surface area contributed by atoms with E-state index in [9.17, 15) is 9.59 Å². The summed E-state index contributed by atoms with van der Waals surface area (Å²) < 4.78 is 6.30. The van der Waals surface area contributed by atoms with Gasteiger partial charge in [0.2, 0.25) is 5.91 Å². The lowest BCUT2D eigenvalue weighted by Gasteiger charge is -2.41. The number of benzene rings is 1. The van der Waals surface area contributed by atoms with Crippen molar-refractivity contribution in [1.29, 1.82) is 0 Å². The van der Waals surface area contributed by atoms with Crippen LogP contribution < -0.4 is 0 Å². The fraction of sp³-hybridized carbons (Fsp3) is 0.600. The lowest BCUT2D eigenvalue weighted by molar-refractivity contribution is -0.154. The molecule has 0 spiro atoms. The topological polar surface area (TPSA) is 46.6 Å². The van der Waals surface area contributed by atoms with Crippen molar-refractivity contribution in [2.45, 2.75) is 69.2 Å². The predicted molar refractivity (Wildman–Crippen MR) is 110 cm³/mol. The summed E-state index contributed by atoms with van der Waals surface area (Å²) in [5.74, 6) is 0.681. The number of imide groups is 1. The van der Waals surface area contributed by atoms with Gasteiger partial charge in [-0.3, -0.25) is 14.5 Å². The molecule has 0 aliphatic carbocycles. The van der Waals surface area contributed by atoms with Gasteiger partial charge in [-0.1, -0.05) is 39.0 Å². The second-order valence-corrected chi connectivity index (χ2v) is 14.2. The first kappa shape index (κ1) is 21.2. The maximum absolute atomic E-state index is 12.8. The molecule has 1 aromatic carbocycles. The van der Waals surface area contributed by atoms with Crippen LogP contribution in [0.3, 0.4) is 0 Å². The van der Waals surface area contributed by atoms with E-state index in [1.807, 2.05) is 18.2 Å². The number of likely N-dealkylation sites (tertiary alicyclic amines) is 1. The van der Waals surface area contributed by atoms with Crippen LogP contribution in [0.4, 0.5) is 0 Å². The van der Waals surface area contributed by atoms with Crippen molar-refractivity contribution in [3.05, 3.63) is 30.3 Å². The Morgan fingerprint density at radius 1 is 1.19 bits per heavy atom. The molecule has 1 atom stereocenters. The second kappa shape index (κ2) is 8.72. The molecule has 0 unspecified atom stereocenters. The summed E-state index contributed by atoms with van der Waals surface area (Å²) in [7, 11) is -2.03. The highest BCUT2D eigenvalue weighted by atomic mass is 32.2. The van der Waals surface area contributed by atoms with Crippen molar-refractivity contribution in [3.63, 3.8) is 0 Å². The highest BCUT2D eigenvalue weighted by molar-refractivity contribution is 7.99. The molecule has 144 valence electrons. The Kier molecular flexibility index (Phi) is 7.10. The van der Waals surface area contributed by atoms with E-state index in [0.717, 1.165) is 12.2 Å². The molecule has 4 nitrogen and oxygen atoms in total. The zero-order chi connectivity index (χ0) is 19.4. The van der Waals surface area contributed by atoms with Crippen LogP contribution in [0.1, 0.15) is 40.0 Å². The molecule has 6 heteroatoms. The second-order valence-electron chi connectivity index (χ2n) is 8.30. The van der Waals surface area contributed by atoms with Crippen LogP contribution in [0.25, 0.3) is 0 Å². The lowest BCUT2D eigenvalue weighted by Crippen LogP contribution is -2.54. The van der Waals surface area contributed by atoms with E-state index in [2.05, 4.69) is 46.0 Å². The number of piperidine rings is 1. The van der Waals surface area contributed by atoms with E-state index in [-0.39, 0.29) is 16.9 Å². The van der Waals surface area contributed by atoms with Crippen molar-refractivity contribution in [3.8, 4) is 0 Å². The van der Waals surface area contributed by atoms with Crippen molar-refractivity contribution in [2.75, 3.05) is 12.3 Å². The largest absolute Gasteiger partial charge is 0.405 e.